The van der Waals surface area contributed by atoms with Gasteiger partial charge in [-0.3, -0.25) is 14.7 Å². The molecule has 10 heteroatoms. The third-order valence-electron chi connectivity index (χ3n) is 4.17. The van der Waals surface area contributed by atoms with Crippen LogP contribution in [0.5, 0.6) is 0 Å². The summed E-state index contributed by atoms with van der Waals surface area (Å²) in [5, 5.41) is 32.8. The van der Waals surface area contributed by atoms with Gasteiger partial charge in [-0.1, -0.05) is 18.2 Å². The number of rotatable bonds is 6. The summed E-state index contributed by atoms with van der Waals surface area (Å²) in [5.74, 6) is 0.265. The van der Waals surface area contributed by atoms with E-state index in [-0.39, 0.29) is 31.1 Å². The largest absolute Gasteiger partial charge is 0.394 e. The summed E-state index contributed by atoms with van der Waals surface area (Å²) in [6.07, 6.45) is -0.646. The fourth-order valence-electron chi connectivity index (χ4n) is 2.80. The summed E-state index contributed by atoms with van der Waals surface area (Å²) >= 11 is 0. The highest BCUT2D eigenvalue weighted by molar-refractivity contribution is 5.43. The molecule has 1 aromatic heterocycles. The molecule has 0 amide bonds. The maximum absolute atomic E-state index is 12.2. The highest BCUT2D eigenvalue weighted by Gasteiger charge is 2.34. The summed E-state index contributed by atoms with van der Waals surface area (Å²) in [6, 6.07) is 7.84. The van der Waals surface area contributed by atoms with E-state index in [4.69, 9.17) is 9.84 Å². The smallest absolute Gasteiger partial charge is 0.351 e. The van der Waals surface area contributed by atoms with E-state index < -0.39 is 29.0 Å². The third kappa shape index (κ3) is 3.72. The predicted molar refractivity (Wildman–Crippen MR) is 90.5 cm³/mol. The molecule has 3 atom stereocenters. The minimum absolute atomic E-state index is 0.0169. The maximum Gasteiger partial charge on any atom is 0.351 e. The second kappa shape index (κ2) is 7.60. The van der Waals surface area contributed by atoms with Gasteiger partial charge in [-0.15, -0.1) is 0 Å². The van der Waals surface area contributed by atoms with Crippen molar-refractivity contribution in [3.8, 4) is 0 Å². The zero-order valence-electron chi connectivity index (χ0n) is 13.7. The van der Waals surface area contributed by atoms with Gasteiger partial charge in [-0.2, -0.15) is 4.98 Å². The molecular weight excluding hydrogens is 344 g/mol. The minimum Gasteiger partial charge on any atom is -0.394 e. The summed E-state index contributed by atoms with van der Waals surface area (Å²) < 4.78 is 6.66. The molecule has 10 nitrogen and oxygen atoms in total. The number of hydrogen-bond acceptors (Lipinski definition) is 8. The molecule has 26 heavy (non-hydrogen) atoms. The van der Waals surface area contributed by atoms with E-state index in [1.54, 1.807) is 18.2 Å². The van der Waals surface area contributed by atoms with Crippen LogP contribution in [-0.4, -0.2) is 43.5 Å². The normalized spacial score (nSPS) is 22.3. The summed E-state index contributed by atoms with van der Waals surface area (Å²) in [5.41, 5.74) is -0.137. The molecule has 2 heterocycles. The van der Waals surface area contributed by atoms with Crippen molar-refractivity contribution in [2.75, 3.05) is 11.9 Å². The van der Waals surface area contributed by atoms with Gasteiger partial charge in [0.25, 0.3) is 5.69 Å². The Morgan fingerprint density at radius 1 is 1.38 bits per heavy atom. The van der Waals surface area contributed by atoms with Gasteiger partial charge in [0.05, 0.1) is 17.6 Å². The molecule has 1 aliphatic rings. The molecule has 1 aliphatic heterocycles. The highest BCUT2D eigenvalue weighted by atomic mass is 16.6. The van der Waals surface area contributed by atoms with E-state index in [9.17, 15) is 20.0 Å². The average molecular weight is 362 g/mol. The molecule has 0 radical (unpaired) electrons. The number of aromatic nitrogens is 2. The van der Waals surface area contributed by atoms with Gasteiger partial charge in [0, 0.05) is 30.8 Å². The topological polar surface area (TPSA) is 140 Å². The second-order valence-corrected chi connectivity index (χ2v) is 5.86. The molecule has 1 saturated heterocycles. The van der Waals surface area contributed by atoms with Crippen LogP contribution in [-0.2, 0) is 11.3 Å². The molecule has 0 bridgehead atoms. The first kappa shape index (κ1) is 18.0. The Balaban J connectivity index is 1.71. The number of ether oxygens (including phenoxy) is 1. The third-order valence-corrected chi connectivity index (χ3v) is 4.17. The van der Waals surface area contributed by atoms with E-state index >= 15 is 0 Å². The van der Waals surface area contributed by atoms with E-state index in [0.29, 0.717) is 5.56 Å². The minimum atomic E-state index is -0.853. The Bertz CT molecular complexity index is 855. The van der Waals surface area contributed by atoms with Crippen LogP contribution in [0.1, 0.15) is 18.2 Å². The van der Waals surface area contributed by atoms with Crippen molar-refractivity contribution in [3.05, 3.63) is 62.7 Å². The molecule has 0 unspecified atom stereocenters. The summed E-state index contributed by atoms with van der Waals surface area (Å²) in [7, 11) is 0. The van der Waals surface area contributed by atoms with Crippen LogP contribution >= 0.6 is 0 Å². The van der Waals surface area contributed by atoms with Crippen molar-refractivity contribution < 1.29 is 19.9 Å². The quantitative estimate of drug-likeness (QED) is 0.496. The number of hydrogen-bond donors (Lipinski definition) is 3. The lowest BCUT2D eigenvalue weighted by Crippen LogP contribution is -2.28. The Morgan fingerprint density at radius 2 is 2.15 bits per heavy atom. The van der Waals surface area contributed by atoms with Crippen molar-refractivity contribution in [2.24, 2.45) is 0 Å². The van der Waals surface area contributed by atoms with Gasteiger partial charge in [0.2, 0.25) is 0 Å². The van der Waals surface area contributed by atoms with Crippen molar-refractivity contribution in [1.29, 1.82) is 0 Å². The molecule has 1 fully saturated rings. The first-order chi connectivity index (χ1) is 12.5. The number of aliphatic hydroxyl groups excluding tert-OH is 2. The van der Waals surface area contributed by atoms with Gasteiger partial charge >= 0.3 is 5.69 Å². The maximum atomic E-state index is 12.2. The van der Waals surface area contributed by atoms with Gasteiger partial charge in [0.15, 0.2) is 0 Å². The van der Waals surface area contributed by atoms with Crippen molar-refractivity contribution in [3.63, 3.8) is 0 Å². The predicted octanol–water partition coefficient (Wildman–Crippen LogP) is 0.404. The Morgan fingerprint density at radius 3 is 2.81 bits per heavy atom. The molecule has 2 aromatic rings. The fourth-order valence-corrected chi connectivity index (χ4v) is 2.80. The summed E-state index contributed by atoms with van der Waals surface area (Å²) in [6.45, 7) is -0.200. The van der Waals surface area contributed by atoms with Gasteiger partial charge in [-0.25, -0.2) is 4.79 Å². The number of aliphatic hydroxyl groups is 2. The van der Waals surface area contributed by atoms with Gasteiger partial charge in [-0.05, 0) is 6.07 Å². The summed E-state index contributed by atoms with van der Waals surface area (Å²) in [4.78, 5) is 26.6. The lowest BCUT2D eigenvalue weighted by molar-refractivity contribution is -0.385. The van der Waals surface area contributed by atoms with Crippen LogP contribution in [0.3, 0.4) is 0 Å². The lowest BCUT2D eigenvalue weighted by Gasteiger charge is -2.14. The Hall–Kier alpha value is -2.82. The molecule has 138 valence electrons. The van der Waals surface area contributed by atoms with Gasteiger partial charge < -0.3 is 20.3 Å². The van der Waals surface area contributed by atoms with Gasteiger partial charge in [0.1, 0.15) is 18.1 Å². The lowest BCUT2D eigenvalue weighted by atomic mass is 10.2. The fraction of sp³-hybridized carbons (Fsp3) is 0.375. The molecular formula is C16H18N4O6. The van der Waals surface area contributed by atoms with Crippen molar-refractivity contribution in [2.45, 2.75) is 31.4 Å². The molecule has 1 aromatic carbocycles. The number of benzene rings is 1. The Kier molecular flexibility index (Phi) is 5.26. The van der Waals surface area contributed by atoms with Crippen molar-refractivity contribution >= 4 is 11.5 Å². The zero-order valence-corrected chi connectivity index (χ0v) is 13.7. The second-order valence-electron chi connectivity index (χ2n) is 5.86. The molecule has 0 saturated carbocycles. The first-order valence-electron chi connectivity index (χ1n) is 7.99. The number of para-hydroxylation sites is 1. The molecule has 0 spiro atoms. The SMILES string of the molecule is O=c1nc(NCc2ccccc2[N+](=O)[O-])ccn1[C@H]1C[C@H](O)[C@@H](CO)O1. The number of nitrogens with zero attached hydrogens (tertiary/aromatic N) is 3. The zero-order chi connectivity index (χ0) is 18.7. The standard InChI is InChI=1S/C16H18N4O6/c21-9-13-12(22)7-15(26-13)19-6-5-14(18-16(19)23)17-8-10-3-1-2-4-11(10)20(24)25/h1-6,12-13,15,21-22H,7-9H2,(H,17,18,23)/t12-,13+,15+/m0/s1. The Labute approximate surface area is 147 Å². The molecule has 0 aliphatic carbocycles. The van der Waals surface area contributed by atoms with E-state index in [1.807, 2.05) is 0 Å². The van der Waals surface area contributed by atoms with E-state index in [0.717, 1.165) is 0 Å². The number of nitro groups is 1. The van der Waals surface area contributed by atoms with Crippen LogP contribution < -0.4 is 11.0 Å². The molecule has 3 N–H and O–H groups in total. The number of anilines is 1. The van der Waals surface area contributed by atoms with Crippen LogP contribution in [0.25, 0.3) is 0 Å². The number of nitro benzene ring substituents is 1. The van der Waals surface area contributed by atoms with Crippen LogP contribution in [0.15, 0.2) is 41.3 Å². The average Bonchev–Trinajstić information content (AvgIpc) is 3.00. The first-order valence-corrected chi connectivity index (χ1v) is 7.99. The van der Waals surface area contributed by atoms with Crippen LogP contribution in [0, 0.1) is 10.1 Å². The van der Waals surface area contributed by atoms with Crippen LogP contribution in [0.4, 0.5) is 11.5 Å². The highest BCUT2D eigenvalue weighted by Crippen LogP contribution is 2.27. The van der Waals surface area contributed by atoms with E-state index in [2.05, 4.69) is 10.3 Å². The van der Waals surface area contributed by atoms with E-state index in [1.165, 1.54) is 22.9 Å². The monoisotopic (exact) mass is 362 g/mol. The van der Waals surface area contributed by atoms with Crippen molar-refractivity contribution in [1.82, 2.24) is 9.55 Å². The number of nitrogens with one attached hydrogen (secondary N) is 1. The van der Waals surface area contributed by atoms with Crippen LogP contribution in [0.2, 0.25) is 0 Å². The molecule has 3 rings (SSSR count).